The van der Waals surface area contributed by atoms with Crippen LogP contribution in [0.25, 0.3) is 0 Å². The zero-order chi connectivity index (χ0) is 16.3. The molecular weight excluding hydrogens is 306 g/mol. The highest BCUT2D eigenvalue weighted by molar-refractivity contribution is 7.88. The van der Waals surface area contributed by atoms with E-state index in [0.29, 0.717) is 29.3 Å². The van der Waals surface area contributed by atoms with Gasteiger partial charge in [0.2, 0.25) is 5.91 Å². The van der Waals surface area contributed by atoms with E-state index in [-0.39, 0.29) is 12.3 Å². The van der Waals surface area contributed by atoms with E-state index in [4.69, 9.17) is 5.73 Å². The molecular formula is C13H17N5O3S. The summed E-state index contributed by atoms with van der Waals surface area (Å²) in [6.45, 7) is 3.26. The summed E-state index contributed by atoms with van der Waals surface area (Å²) < 4.78 is 28.7. The smallest absolute Gasteiger partial charge is 0.342 e. The van der Waals surface area contributed by atoms with E-state index in [1.165, 1.54) is 6.20 Å². The molecule has 0 bridgehead atoms. The zero-order valence-corrected chi connectivity index (χ0v) is 13.1. The Bertz CT molecular complexity index is 768. The number of anilines is 2. The summed E-state index contributed by atoms with van der Waals surface area (Å²) in [5, 5.41) is 2.71. The molecule has 0 spiro atoms. The Labute approximate surface area is 128 Å². The minimum Gasteiger partial charge on any atom is -0.384 e. The second kappa shape index (κ2) is 6.14. The van der Waals surface area contributed by atoms with Gasteiger partial charge in [-0.2, -0.15) is 8.42 Å². The van der Waals surface area contributed by atoms with Crippen molar-refractivity contribution in [3.05, 3.63) is 29.6 Å². The lowest BCUT2D eigenvalue weighted by Crippen LogP contribution is -2.28. The third-order valence-corrected chi connectivity index (χ3v) is 4.17. The van der Waals surface area contributed by atoms with E-state index >= 15 is 0 Å². The van der Waals surface area contributed by atoms with Crippen LogP contribution in [0.15, 0.2) is 34.0 Å². The summed E-state index contributed by atoms with van der Waals surface area (Å²) in [4.78, 5) is 15.8. The fourth-order valence-electron chi connectivity index (χ4n) is 2.14. The van der Waals surface area contributed by atoms with Gasteiger partial charge in [0.15, 0.2) is 0 Å². The molecule has 0 aliphatic carbocycles. The first-order valence-corrected chi connectivity index (χ1v) is 8.01. The molecule has 22 heavy (non-hydrogen) atoms. The van der Waals surface area contributed by atoms with Gasteiger partial charge in [0.1, 0.15) is 5.82 Å². The molecule has 1 amide bonds. The Morgan fingerprint density at radius 1 is 1.41 bits per heavy atom. The largest absolute Gasteiger partial charge is 0.384 e. The highest BCUT2D eigenvalue weighted by Crippen LogP contribution is 2.18. The highest BCUT2D eigenvalue weighted by Gasteiger charge is 2.20. The fourth-order valence-corrected chi connectivity index (χ4v) is 3.17. The molecule has 8 nitrogen and oxygen atoms in total. The average molecular weight is 323 g/mol. The van der Waals surface area contributed by atoms with Crippen molar-refractivity contribution in [3.63, 3.8) is 0 Å². The van der Waals surface area contributed by atoms with Crippen LogP contribution in [-0.2, 0) is 15.0 Å². The van der Waals surface area contributed by atoms with Crippen molar-refractivity contribution in [2.45, 2.75) is 26.7 Å². The number of nitrogens with one attached hydrogen (secondary N) is 2. The van der Waals surface area contributed by atoms with Crippen molar-refractivity contribution in [1.29, 1.82) is 0 Å². The van der Waals surface area contributed by atoms with Crippen LogP contribution in [-0.4, -0.2) is 25.0 Å². The lowest BCUT2D eigenvalue weighted by atomic mass is 10.0. The molecule has 1 aromatic heterocycles. The molecule has 0 saturated carbocycles. The van der Waals surface area contributed by atoms with Crippen LogP contribution in [0.3, 0.4) is 0 Å². The Kier molecular flexibility index (Phi) is 4.45. The Morgan fingerprint density at radius 3 is 2.77 bits per heavy atom. The average Bonchev–Trinajstić information content (AvgIpc) is 2.36. The second-order valence-electron chi connectivity index (χ2n) is 4.87. The van der Waals surface area contributed by atoms with E-state index in [1.807, 2.05) is 0 Å². The molecule has 118 valence electrons. The minimum atomic E-state index is -3.65. The molecule has 0 atom stereocenters. The molecule has 0 radical (unpaired) electrons. The number of rotatable bonds is 4. The van der Waals surface area contributed by atoms with Crippen molar-refractivity contribution in [2.75, 3.05) is 11.1 Å². The van der Waals surface area contributed by atoms with E-state index in [0.717, 1.165) is 5.57 Å². The molecule has 1 aliphatic rings. The molecule has 9 heteroatoms. The van der Waals surface area contributed by atoms with Gasteiger partial charge in [-0.3, -0.25) is 9.52 Å². The van der Waals surface area contributed by atoms with Crippen molar-refractivity contribution in [2.24, 2.45) is 4.40 Å². The van der Waals surface area contributed by atoms with Crippen molar-refractivity contribution in [1.82, 2.24) is 9.71 Å². The van der Waals surface area contributed by atoms with Crippen LogP contribution in [0.4, 0.5) is 11.5 Å². The van der Waals surface area contributed by atoms with E-state index in [1.54, 1.807) is 26.0 Å². The van der Waals surface area contributed by atoms with Gasteiger partial charge in [0.05, 0.1) is 5.71 Å². The third-order valence-electron chi connectivity index (χ3n) is 3.10. The maximum Gasteiger partial charge on any atom is 0.342 e. The zero-order valence-electron chi connectivity index (χ0n) is 12.3. The van der Waals surface area contributed by atoms with Crippen molar-refractivity contribution in [3.8, 4) is 0 Å². The number of nitrogens with zero attached hydrogens (tertiary/aromatic N) is 2. The summed E-state index contributed by atoms with van der Waals surface area (Å²) >= 11 is 0. The Morgan fingerprint density at radius 2 is 2.14 bits per heavy atom. The van der Waals surface area contributed by atoms with Crippen LogP contribution >= 0.6 is 0 Å². The Hall–Kier alpha value is -2.42. The number of nitrogen functional groups attached to an aromatic ring is 1. The standard InChI is InChI=1S/C13H17N5O3S/c1-8-11(9(2)18-22(20,21)17-8)3-4-13(19)16-10-5-6-15-12(14)7-10/h5-7,17H,3-4H2,1-2H3,(H3,14,15,16,19). The van der Waals surface area contributed by atoms with Gasteiger partial charge in [-0.25, -0.2) is 4.98 Å². The monoisotopic (exact) mass is 323 g/mol. The van der Waals surface area contributed by atoms with Gasteiger partial charge in [-0.15, -0.1) is 4.40 Å². The summed E-state index contributed by atoms with van der Waals surface area (Å²) in [6.07, 6.45) is 2.09. The number of carbonyl (C=O) groups excluding carboxylic acids is 1. The van der Waals surface area contributed by atoms with Crippen LogP contribution in [0.5, 0.6) is 0 Å². The maximum atomic E-state index is 11.9. The van der Waals surface area contributed by atoms with E-state index in [9.17, 15) is 13.2 Å². The number of hydrogen-bond acceptors (Lipinski definition) is 5. The molecule has 0 unspecified atom stereocenters. The number of amides is 1. The van der Waals surface area contributed by atoms with Crippen LogP contribution < -0.4 is 15.8 Å². The second-order valence-corrected chi connectivity index (χ2v) is 6.21. The van der Waals surface area contributed by atoms with Gasteiger partial charge in [0.25, 0.3) is 0 Å². The fraction of sp³-hybridized carbons (Fsp3) is 0.308. The highest BCUT2D eigenvalue weighted by atomic mass is 32.2. The summed E-state index contributed by atoms with van der Waals surface area (Å²) in [7, 11) is -3.65. The van der Waals surface area contributed by atoms with Gasteiger partial charge in [-0.1, -0.05) is 0 Å². The van der Waals surface area contributed by atoms with Gasteiger partial charge >= 0.3 is 10.2 Å². The van der Waals surface area contributed by atoms with Crippen molar-refractivity contribution >= 4 is 33.3 Å². The quantitative estimate of drug-likeness (QED) is 0.761. The Balaban J connectivity index is 1.98. The maximum absolute atomic E-state index is 11.9. The predicted molar refractivity (Wildman–Crippen MR) is 84.4 cm³/mol. The normalized spacial score (nSPS) is 16.7. The van der Waals surface area contributed by atoms with Crippen LogP contribution in [0, 0.1) is 0 Å². The lowest BCUT2D eigenvalue weighted by molar-refractivity contribution is -0.116. The first kappa shape index (κ1) is 16.0. The lowest BCUT2D eigenvalue weighted by Gasteiger charge is -2.17. The van der Waals surface area contributed by atoms with Crippen LogP contribution in [0.2, 0.25) is 0 Å². The molecule has 1 aliphatic heterocycles. The topological polar surface area (TPSA) is 127 Å². The first-order chi connectivity index (χ1) is 10.3. The molecule has 2 rings (SSSR count). The third kappa shape index (κ3) is 4.04. The number of nitrogens with two attached hydrogens (primary N) is 1. The number of pyridine rings is 1. The minimum absolute atomic E-state index is 0.198. The molecule has 1 aromatic rings. The molecule has 4 N–H and O–H groups in total. The number of carbonyl (C=O) groups is 1. The summed E-state index contributed by atoms with van der Waals surface area (Å²) in [5.41, 5.74) is 7.72. The SMILES string of the molecule is CC1=NS(=O)(=O)NC(C)=C1CCC(=O)Nc1ccnc(N)c1. The number of aromatic nitrogens is 1. The first-order valence-electron chi connectivity index (χ1n) is 6.57. The van der Waals surface area contributed by atoms with E-state index in [2.05, 4.69) is 19.4 Å². The summed E-state index contributed by atoms with van der Waals surface area (Å²) in [5.74, 6) is 0.119. The van der Waals surface area contributed by atoms with E-state index < -0.39 is 10.2 Å². The van der Waals surface area contributed by atoms with Gasteiger partial charge in [-0.05, 0) is 31.9 Å². The number of allylic oxidation sites excluding steroid dienone is 2. The molecule has 0 saturated heterocycles. The molecule has 0 aromatic carbocycles. The predicted octanol–water partition coefficient (Wildman–Crippen LogP) is 0.965. The summed E-state index contributed by atoms with van der Waals surface area (Å²) in [6, 6.07) is 3.20. The molecule has 2 heterocycles. The van der Waals surface area contributed by atoms with Crippen LogP contribution in [0.1, 0.15) is 26.7 Å². The van der Waals surface area contributed by atoms with Crippen molar-refractivity contribution < 1.29 is 13.2 Å². The van der Waals surface area contributed by atoms with Gasteiger partial charge in [0, 0.05) is 30.1 Å². The molecule has 0 fully saturated rings. The van der Waals surface area contributed by atoms with Gasteiger partial charge < -0.3 is 11.1 Å². The number of hydrogen-bond donors (Lipinski definition) is 3.